The Balaban J connectivity index is 4.37. The number of hydrogen-bond donors (Lipinski definition) is 1. The van der Waals surface area contributed by atoms with Crippen molar-refractivity contribution in [3.8, 4) is 0 Å². The molecule has 0 heterocycles. The highest BCUT2D eigenvalue weighted by Crippen LogP contribution is 2.25. The first-order valence-electron chi connectivity index (χ1n) is 7.67. The van der Waals surface area contributed by atoms with E-state index < -0.39 is 0 Å². The Morgan fingerprint density at radius 3 is 1.95 bits per heavy atom. The largest absolute Gasteiger partial charge is 0.380 e. The van der Waals surface area contributed by atoms with E-state index >= 15 is 0 Å². The first kappa shape index (κ1) is 19.9. The van der Waals surface area contributed by atoms with Crippen molar-refractivity contribution in [1.29, 1.82) is 0 Å². The number of hydrogen-bond acceptors (Lipinski definition) is 3. The molecule has 5 nitrogen and oxygen atoms in total. The summed E-state index contributed by atoms with van der Waals surface area (Å²) in [7, 11) is 0. The standard InChI is InChI=1S/C16H32N2O3/c1-8-21-12-11-17-13(19)9-10-14(20)18(15(2,3)4)16(5,6)7/h8-12H2,1-7H3,(H,17,19). The second-order valence-corrected chi connectivity index (χ2v) is 7.12. The van der Waals surface area contributed by atoms with Gasteiger partial charge in [0.25, 0.3) is 0 Å². The number of nitrogens with one attached hydrogen (secondary N) is 1. The first-order chi connectivity index (χ1) is 9.50. The quantitative estimate of drug-likeness (QED) is 0.734. The van der Waals surface area contributed by atoms with E-state index in [0.29, 0.717) is 19.8 Å². The van der Waals surface area contributed by atoms with Gasteiger partial charge in [0.05, 0.1) is 6.61 Å². The lowest BCUT2D eigenvalue weighted by Crippen LogP contribution is -2.55. The van der Waals surface area contributed by atoms with Crippen molar-refractivity contribution in [3.05, 3.63) is 0 Å². The molecule has 124 valence electrons. The Bertz CT molecular complexity index is 326. The topological polar surface area (TPSA) is 58.6 Å². The fourth-order valence-electron chi connectivity index (χ4n) is 2.58. The normalized spacial score (nSPS) is 12.1. The zero-order chi connectivity index (χ0) is 16.7. The van der Waals surface area contributed by atoms with Gasteiger partial charge in [-0.15, -0.1) is 0 Å². The van der Waals surface area contributed by atoms with E-state index in [2.05, 4.69) is 5.32 Å². The number of ether oxygens (including phenoxy) is 1. The lowest BCUT2D eigenvalue weighted by Gasteiger charge is -2.45. The SMILES string of the molecule is CCOCCNC(=O)CCC(=O)N(C(C)(C)C)C(C)(C)C. The molecule has 0 aromatic heterocycles. The number of rotatable bonds is 7. The van der Waals surface area contributed by atoms with Crippen LogP contribution < -0.4 is 5.32 Å². The smallest absolute Gasteiger partial charge is 0.223 e. The molecule has 0 radical (unpaired) electrons. The summed E-state index contributed by atoms with van der Waals surface area (Å²) >= 11 is 0. The number of amides is 2. The van der Waals surface area contributed by atoms with Crippen molar-refractivity contribution >= 4 is 11.8 Å². The van der Waals surface area contributed by atoms with Gasteiger partial charge in [0.2, 0.25) is 11.8 Å². The minimum absolute atomic E-state index is 0.00922. The highest BCUT2D eigenvalue weighted by molar-refractivity contribution is 5.84. The van der Waals surface area contributed by atoms with Crippen LogP contribution in [-0.4, -0.2) is 47.6 Å². The maximum Gasteiger partial charge on any atom is 0.223 e. The van der Waals surface area contributed by atoms with Gasteiger partial charge < -0.3 is 15.0 Å². The monoisotopic (exact) mass is 300 g/mol. The Morgan fingerprint density at radius 2 is 1.52 bits per heavy atom. The van der Waals surface area contributed by atoms with Crippen molar-refractivity contribution in [1.82, 2.24) is 10.2 Å². The second-order valence-electron chi connectivity index (χ2n) is 7.12. The Morgan fingerprint density at radius 1 is 1.00 bits per heavy atom. The van der Waals surface area contributed by atoms with Crippen LogP contribution in [0.25, 0.3) is 0 Å². The van der Waals surface area contributed by atoms with E-state index in [1.54, 1.807) is 0 Å². The van der Waals surface area contributed by atoms with E-state index in [9.17, 15) is 9.59 Å². The molecule has 5 heteroatoms. The van der Waals surface area contributed by atoms with Gasteiger partial charge in [-0.25, -0.2) is 0 Å². The van der Waals surface area contributed by atoms with Crippen LogP contribution >= 0.6 is 0 Å². The van der Waals surface area contributed by atoms with Crippen LogP contribution in [0.2, 0.25) is 0 Å². The molecule has 0 spiro atoms. The summed E-state index contributed by atoms with van der Waals surface area (Å²) in [6, 6.07) is 0. The van der Waals surface area contributed by atoms with Gasteiger partial charge in [-0.3, -0.25) is 9.59 Å². The van der Waals surface area contributed by atoms with Crippen molar-refractivity contribution < 1.29 is 14.3 Å². The molecule has 0 aliphatic heterocycles. The van der Waals surface area contributed by atoms with Crippen molar-refractivity contribution in [2.75, 3.05) is 19.8 Å². The molecule has 0 fully saturated rings. The summed E-state index contributed by atoms with van der Waals surface area (Å²) < 4.78 is 5.15. The zero-order valence-electron chi connectivity index (χ0n) is 14.7. The number of carbonyl (C=O) groups excluding carboxylic acids is 2. The van der Waals surface area contributed by atoms with Crippen LogP contribution in [-0.2, 0) is 14.3 Å². The maximum absolute atomic E-state index is 12.4. The van der Waals surface area contributed by atoms with Crippen LogP contribution in [0.4, 0.5) is 0 Å². The molecule has 0 atom stereocenters. The minimum atomic E-state index is -0.263. The third kappa shape index (κ3) is 8.05. The van der Waals surface area contributed by atoms with Crippen molar-refractivity contribution in [2.24, 2.45) is 0 Å². The fourth-order valence-corrected chi connectivity index (χ4v) is 2.58. The van der Waals surface area contributed by atoms with E-state index in [4.69, 9.17) is 4.74 Å². The summed E-state index contributed by atoms with van der Waals surface area (Å²) in [6.07, 6.45) is 0.447. The summed E-state index contributed by atoms with van der Waals surface area (Å²) in [6.45, 7) is 15.6. The summed E-state index contributed by atoms with van der Waals surface area (Å²) in [5.41, 5.74) is -0.526. The van der Waals surface area contributed by atoms with E-state index in [0.717, 1.165) is 0 Å². The Hall–Kier alpha value is -1.10. The second kappa shape index (κ2) is 8.37. The van der Waals surface area contributed by atoms with Gasteiger partial charge in [0, 0.05) is 37.1 Å². The van der Waals surface area contributed by atoms with E-state index in [-0.39, 0.29) is 35.7 Å². The van der Waals surface area contributed by atoms with Crippen LogP contribution in [0.15, 0.2) is 0 Å². The predicted octanol–water partition coefficient (Wildman–Crippen LogP) is 2.34. The molecule has 0 unspecified atom stereocenters. The maximum atomic E-state index is 12.4. The van der Waals surface area contributed by atoms with Crippen molar-refractivity contribution in [2.45, 2.75) is 72.4 Å². The molecule has 0 saturated heterocycles. The lowest BCUT2D eigenvalue weighted by molar-refractivity contribution is -0.144. The number of nitrogens with zero attached hydrogens (tertiary/aromatic N) is 1. The summed E-state index contributed by atoms with van der Waals surface area (Å²) in [4.78, 5) is 26.0. The summed E-state index contributed by atoms with van der Waals surface area (Å²) in [5.74, 6) is -0.0965. The minimum Gasteiger partial charge on any atom is -0.380 e. The lowest BCUT2D eigenvalue weighted by atomic mass is 9.95. The molecule has 2 amide bonds. The zero-order valence-corrected chi connectivity index (χ0v) is 14.7. The first-order valence-corrected chi connectivity index (χ1v) is 7.67. The molecule has 0 saturated carbocycles. The van der Waals surface area contributed by atoms with Gasteiger partial charge in [-0.1, -0.05) is 0 Å². The molecule has 0 aromatic rings. The van der Waals surface area contributed by atoms with Gasteiger partial charge >= 0.3 is 0 Å². The van der Waals surface area contributed by atoms with Gasteiger partial charge in [0.1, 0.15) is 0 Å². The van der Waals surface area contributed by atoms with Crippen molar-refractivity contribution in [3.63, 3.8) is 0 Å². The molecular formula is C16H32N2O3. The Labute approximate surface area is 129 Å². The fraction of sp³-hybridized carbons (Fsp3) is 0.875. The van der Waals surface area contributed by atoms with Crippen LogP contribution in [0.3, 0.4) is 0 Å². The summed E-state index contributed by atoms with van der Waals surface area (Å²) in [5, 5.41) is 2.75. The molecule has 0 bridgehead atoms. The van der Waals surface area contributed by atoms with Crippen LogP contribution in [0.5, 0.6) is 0 Å². The highest BCUT2D eigenvalue weighted by Gasteiger charge is 2.35. The molecule has 0 aliphatic rings. The molecule has 21 heavy (non-hydrogen) atoms. The third-order valence-electron chi connectivity index (χ3n) is 2.93. The third-order valence-corrected chi connectivity index (χ3v) is 2.93. The van der Waals surface area contributed by atoms with E-state index in [1.807, 2.05) is 53.4 Å². The van der Waals surface area contributed by atoms with Crippen LogP contribution in [0, 0.1) is 0 Å². The predicted molar refractivity (Wildman–Crippen MR) is 85.1 cm³/mol. The molecular weight excluding hydrogens is 268 g/mol. The molecule has 0 aromatic carbocycles. The van der Waals surface area contributed by atoms with Gasteiger partial charge in [0.15, 0.2) is 0 Å². The molecule has 0 rings (SSSR count). The van der Waals surface area contributed by atoms with Gasteiger partial charge in [-0.05, 0) is 48.5 Å². The average molecular weight is 300 g/mol. The highest BCUT2D eigenvalue weighted by atomic mass is 16.5. The molecule has 0 aliphatic carbocycles. The Kier molecular flexibility index (Phi) is 7.93. The number of carbonyl (C=O) groups is 2. The van der Waals surface area contributed by atoms with E-state index in [1.165, 1.54) is 0 Å². The molecule has 1 N–H and O–H groups in total. The average Bonchev–Trinajstić information content (AvgIpc) is 2.28. The van der Waals surface area contributed by atoms with Crippen LogP contribution in [0.1, 0.15) is 61.3 Å². The van der Waals surface area contributed by atoms with Gasteiger partial charge in [-0.2, -0.15) is 0 Å².